The maximum atomic E-state index is 12.4. The second-order valence-corrected chi connectivity index (χ2v) is 6.12. The van der Waals surface area contributed by atoms with Gasteiger partial charge in [-0.05, 0) is 38.5 Å². The number of ether oxygens (including phenoxy) is 1. The molecule has 0 unspecified atom stereocenters. The van der Waals surface area contributed by atoms with Gasteiger partial charge in [-0.15, -0.1) is 0 Å². The van der Waals surface area contributed by atoms with Crippen LogP contribution in [0.4, 0.5) is 0 Å². The van der Waals surface area contributed by atoms with Gasteiger partial charge in [-0.25, -0.2) is 4.68 Å². The first-order valence-corrected chi connectivity index (χ1v) is 8.41. The van der Waals surface area contributed by atoms with Crippen molar-refractivity contribution in [3.63, 3.8) is 0 Å². The molecule has 0 saturated carbocycles. The molecule has 0 aliphatic heterocycles. The van der Waals surface area contributed by atoms with E-state index in [2.05, 4.69) is 5.10 Å². The maximum Gasteiger partial charge on any atom is 0.310 e. The number of rotatable bonds is 5. The minimum atomic E-state index is -0.265. The van der Waals surface area contributed by atoms with Crippen molar-refractivity contribution < 1.29 is 9.53 Å². The Labute approximate surface area is 148 Å². The third-order valence-electron chi connectivity index (χ3n) is 4.34. The standard InChI is InChI=1S/C21H22N2O2/c1-15-20(16(2)23(22-15)19-12-8-5-9-13-19)14-21(24)25-17(3)18-10-6-4-7-11-18/h4-13,17H,14H2,1-3H3/t17-/m0/s1. The van der Waals surface area contributed by atoms with Crippen LogP contribution in [-0.4, -0.2) is 15.7 Å². The quantitative estimate of drug-likeness (QED) is 0.652. The Balaban J connectivity index is 1.75. The molecule has 0 radical (unpaired) electrons. The summed E-state index contributed by atoms with van der Waals surface area (Å²) in [6, 6.07) is 19.7. The number of carbonyl (C=O) groups excluding carboxylic acids is 1. The topological polar surface area (TPSA) is 44.1 Å². The second kappa shape index (κ2) is 7.34. The average molecular weight is 334 g/mol. The Morgan fingerprint density at radius 2 is 1.64 bits per heavy atom. The molecule has 0 aliphatic rings. The minimum absolute atomic E-state index is 0.224. The number of aryl methyl sites for hydroxylation is 1. The van der Waals surface area contributed by atoms with Gasteiger partial charge in [0.1, 0.15) is 6.10 Å². The fourth-order valence-corrected chi connectivity index (χ4v) is 2.93. The molecule has 0 amide bonds. The van der Waals surface area contributed by atoms with Crippen LogP contribution in [0.15, 0.2) is 60.7 Å². The molecular formula is C21H22N2O2. The van der Waals surface area contributed by atoms with Gasteiger partial charge in [0.15, 0.2) is 0 Å². The SMILES string of the molecule is Cc1nn(-c2ccccc2)c(C)c1CC(=O)O[C@@H](C)c1ccccc1. The minimum Gasteiger partial charge on any atom is -0.458 e. The van der Waals surface area contributed by atoms with Crippen molar-refractivity contribution in [3.05, 3.63) is 83.2 Å². The van der Waals surface area contributed by atoms with Crippen LogP contribution in [0.3, 0.4) is 0 Å². The molecule has 3 aromatic rings. The van der Waals surface area contributed by atoms with E-state index in [0.717, 1.165) is 28.2 Å². The molecule has 0 spiro atoms. The zero-order valence-electron chi connectivity index (χ0n) is 14.8. The van der Waals surface area contributed by atoms with Gasteiger partial charge in [0.25, 0.3) is 0 Å². The highest BCUT2D eigenvalue weighted by molar-refractivity contribution is 5.73. The Kier molecular flexibility index (Phi) is 4.98. The molecule has 1 aromatic heterocycles. The van der Waals surface area contributed by atoms with Crippen LogP contribution in [0.5, 0.6) is 0 Å². The van der Waals surface area contributed by atoms with Gasteiger partial charge in [-0.2, -0.15) is 5.10 Å². The lowest BCUT2D eigenvalue weighted by Gasteiger charge is -2.13. The van der Waals surface area contributed by atoms with Crippen LogP contribution in [0.2, 0.25) is 0 Å². The predicted molar refractivity (Wildman–Crippen MR) is 97.7 cm³/mol. The van der Waals surface area contributed by atoms with E-state index in [9.17, 15) is 4.79 Å². The summed E-state index contributed by atoms with van der Waals surface area (Å²) >= 11 is 0. The van der Waals surface area contributed by atoms with Crippen molar-refractivity contribution >= 4 is 5.97 Å². The van der Waals surface area contributed by atoms with Gasteiger partial charge in [-0.3, -0.25) is 4.79 Å². The molecule has 1 atom stereocenters. The van der Waals surface area contributed by atoms with Crippen LogP contribution in [0, 0.1) is 13.8 Å². The van der Waals surface area contributed by atoms with Gasteiger partial charge in [-0.1, -0.05) is 48.5 Å². The van der Waals surface area contributed by atoms with E-state index < -0.39 is 0 Å². The summed E-state index contributed by atoms with van der Waals surface area (Å²) in [7, 11) is 0. The van der Waals surface area contributed by atoms with Crippen molar-refractivity contribution in [2.45, 2.75) is 33.3 Å². The number of aromatic nitrogens is 2. The van der Waals surface area contributed by atoms with Crippen LogP contribution in [0.1, 0.15) is 35.5 Å². The number of nitrogens with zero attached hydrogens (tertiary/aromatic N) is 2. The van der Waals surface area contributed by atoms with Crippen molar-refractivity contribution in [2.24, 2.45) is 0 Å². The summed E-state index contributed by atoms with van der Waals surface area (Å²) in [6.45, 7) is 5.80. The van der Waals surface area contributed by atoms with Gasteiger partial charge >= 0.3 is 5.97 Å². The fourth-order valence-electron chi connectivity index (χ4n) is 2.93. The lowest BCUT2D eigenvalue weighted by atomic mass is 10.1. The number of hydrogen-bond acceptors (Lipinski definition) is 3. The van der Waals surface area contributed by atoms with Crippen LogP contribution in [0.25, 0.3) is 5.69 Å². The van der Waals surface area contributed by atoms with E-state index in [-0.39, 0.29) is 18.5 Å². The summed E-state index contributed by atoms with van der Waals surface area (Å²) in [4.78, 5) is 12.4. The summed E-state index contributed by atoms with van der Waals surface area (Å²) in [5, 5.41) is 4.58. The molecular weight excluding hydrogens is 312 g/mol. The molecule has 0 saturated heterocycles. The van der Waals surface area contributed by atoms with E-state index in [0.29, 0.717) is 0 Å². The van der Waals surface area contributed by atoms with Crippen molar-refractivity contribution in [1.82, 2.24) is 9.78 Å². The van der Waals surface area contributed by atoms with E-state index in [4.69, 9.17) is 4.74 Å². The smallest absolute Gasteiger partial charge is 0.310 e. The van der Waals surface area contributed by atoms with Crippen molar-refractivity contribution in [2.75, 3.05) is 0 Å². The molecule has 0 aliphatic carbocycles. The van der Waals surface area contributed by atoms with Crippen molar-refractivity contribution in [1.29, 1.82) is 0 Å². The Morgan fingerprint density at radius 1 is 1.04 bits per heavy atom. The zero-order chi connectivity index (χ0) is 17.8. The number of benzene rings is 2. The maximum absolute atomic E-state index is 12.4. The number of esters is 1. The number of para-hydroxylation sites is 1. The highest BCUT2D eigenvalue weighted by atomic mass is 16.5. The predicted octanol–water partition coefficient (Wildman–Crippen LogP) is 4.34. The largest absolute Gasteiger partial charge is 0.458 e. The summed E-state index contributed by atoms with van der Waals surface area (Å²) in [5.41, 5.74) is 4.72. The van der Waals surface area contributed by atoms with Gasteiger partial charge in [0.05, 0.1) is 17.8 Å². The Morgan fingerprint density at radius 3 is 2.28 bits per heavy atom. The summed E-state index contributed by atoms with van der Waals surface area (Å²) in [6.07, 6.45) is -0.0414. The molecule has 3 rings (SSSR count). The Hall–Kier alpha value is -2.88. The van der Waals surface area contributed by atoms with Gasteiger partial charge < -0.3 is 4.74 Å². The molecule has 0 fully saturated rings. The first-order valence-electron chi connectivity index (χ1n) is 8.41. The van der Waals surface area contributed by atoms with E-state index in [1.807, 2.05) is 86.1 Å². The second-order valence-electron chi connectivity index (χ2n) is 6.12. The molecule has 2 aromatic carbocycles. The van der Waals surface area contributed by atoms with E-state index in [1.165, 1.54) is 0 Å². The molecule has 4 nitrogen and oxygen atoms in total. The first-order chi connectivity index (χ1) is 12.1. The Bertz CT molecular complexity index is 854. The van der Waals surface area contributed by atoms with E-state index >= 15 is 0 Å². The van der Waals surface area contributed by atoms with Crippen LogP contribution >= 0.6 is 0 Å². The molecule has 4 heteroatoms. The van der Waals surface area contributed by atoms with Crippen molar-refractivity contribution in [3.8, 4) is 5.69 Å². The van der Waals surface area contributed by atoms with Gasteiger partial charge in [0.2, 0.25) is 0 Å². The molecule has 1 heterocycles. The summed E-state index contributed by atoms with van der Waals surface area (Å²) < 4.78 is 7.46. The van der Waals surface area contributed by atoms with Crippen LogP contribution < -0.4 is 0 Å². The van der Waals surface area contributed by atoms with Gasteiger partial charge in [0, 0.05) is 11.3 Å². The highest BCUT2D eigenvalue weighted by Crippen LogP contribution is 2.21. The average Bonchev–Trinajstić information content (AvgIpc) is 2.91. The fraction of sp³-hybridized carbons (Fsp3) is 0.238. The van der Waals surface area contributed by atoms with Crippen LogP contribution in [-0.2, 0) is 16.0 Å². The third-order valence-corrected chi connectivity index (χ3v) is 4.34. The zero-order valence-corrected chi connectivity index (χ0v) is 14.8. The van der Waals surface area contributed by atoms with E-state index in [1.54, 1.807) is 0 Å². The highest BCUT2D eigenvalue weighted by Gasteiger charge is 2.18. The molecule has 0 bridgehead atoms. The lowest BCUT2D eigenvalue weighted by molar-refractivity contribution is -0.147. The molecule has 25 heavy (non-hydrogen) atoms. The monoisotopic (exact) mass is 334 g/mol. The number of carbonyl (C=O) groups is 1. The number of hydrogen-bond donors (Lipinski definition) is 0. The lowest BCUT2D eigenvalue weighted by Crippen LogP contribution is -2.12. The summed E-state index contributed by atoms with van der Waals surface area (Å²) in [5.74, 6) is -0.241. The molecule has 0 N–H and O–H groups in total. The first kappa shape index (κ1) is 17.0. The normalized spacial score (nSPS) is 12.0. The third kappa shape index (κ3) is 3.79. The molecule has 128 valence electrons.